The molecule has 1 heterocycles. The number of allylic oxidation sites excluding steroid dienone is 1. The lowest BCUT2D eigenvalue weighted by Crippen LogP contribution is -2.10. The average molecular weight is 323 g/mol. The van der Waals surface area contributed by atoms with Gasteiger partial charge in [0.1, 0.15) is 0 Å². The number of hydrogen-bond acceptors (Lipinski definition) is 5. The third kappa shape index (κ3) is 8.08. The average Bonchev–Trinajstić information content (AvgIpc) is 2.81. The second kappa shape index (κ2) is 10.6. The molecule has 0 amide bonds. The van der Waals surface area contributed by atoms with Crippen molar-refractivity contribution in [2.75, 3.05) is 22.3 Å². The molecule has 1 aliphatic rings. The van der Waals surface area contributed by atoms with Crippen molar-refractivity contribution in [1.82, 2.24) is 0 Å². The Balaban J connectivity index is 1.94. The summed E-state index contributed by atoms with van der Waals surface area (Å²) < 4.78 is 0. The number of carbonyl (C=O) groups excluding carboxylic acids is 1. The number of carbonyl (C=O) groups is 1. The van der Waals surface area contributed by atoms with Gasteiger partial charge in [-0.25, -0.2) is 0 Å². The maximum absolute atomic E-state index is 11.2. The van der Waals surface area contributed by atoms with Gasteiger partial charge in [0.25, 0.3) is 0 Å². The van der Waals surface area contributed by atoms with Crippen LogP contribution in [0.4, 0.5) is 0 Å². The number of hydrogen-bond donors (Lipinski definition) is 0. The number of thioether (sulfide) groups is 4. The molecule has 1 nitrogen and oxygen atoms in total. The molecule has 5 heteroatoms. The highest BCUT2D eigenvalue weighted by molar-refractivity contribution is 8.19. The maximum Gasteiger partial charge on any atom is 0.211 e. The van der Waals surface area contributed by atoms with E-state index in [9.17, 15) is 4.79 Å². The van der Waals surface area contributed by atoms with E-state index in [4.69, 9.17) is 0 Å². The standard InChI is InChI=1S/C13H22OS4/c1-3-5-13(14)17-7-4-6-16-11(2)8-12-9-15-10-18-12/h3,5,11-12H,4,6-10H2,1-2H3. The molecule has 2 unspecified atom stereocenters. The molecule has 1 saturated heterocycles. The molecule has 2 atom stereocenters. The van der Waals surface area contributed by atoms with Gasteiger partial charge >= 0.3 is 0 Å². The summed E-state index contributed by atoms with van der Waals surface area (Å²) in [5, 5.41) is 3.11. The molecule has 1 rings (SSSR count). The lowest BCUT2D eigenvalue weighted by molar-refractivity contribution is -0.107. The summed E-state index contributed by atoms with van der Waals surface area (Å²) in [5.41, 5.74) is 0. The molecule has 0 spiro atoms. The van der Waals surface area contributed by atoms with Crippen molar-refractivity contribution < 1.29 is 4.79 Å². The van der Waals surface area contributed by atoms with Gasteiger partial charge < -0.3 is 0 Å². The Bertz CT molecular complexity index is 262. The SMILES string of the molecule is CC=CC(=O)SCCCSC(C)CC1CSCS1. The van der Waals surface area contributed by atoms with Gasteiger partial charge in [-0.15, -0.1) is 23.5 Å². The minimum absolute atomic E-state index is 0.190. The summed E-state index contributed by atoms with van der Waals surface area (Å²) in [4.78, 5) is 11.2. The van der Waals surface area contributed by atoms with Crippen LogP contribution in [0.15, 0.2) is 12.2 Å². The molecule has 1 aliphatic heterocycles. The zero-order chi connectivity index (χ0) is 13.2. The van der Waals surface area contributed by atoms with E-state index in [-0.39, 0.29) is 5.12 Å². The molecule has 18 heavy (non-hydrogen) atoms. The quantitative estimate of drug-likeness (QED) is 0.481. The third-order valence-corrected chi connectivity index (χ3v) is 7.61. The highest BCUT2D eigenvalue weighted by atomic mass is 32.2. The fourth-order valence-electron chi connectivity index (χ4n) is 1.65. The molecule has 1 fully saturated rings. The second-order valence-corrected chi connectivity index (χ2v) is 9.55. The first-order valence-corrected chi connectivity index (χ1v) is 10.6. The van der Waals surface area contributed by atoms with Crippen LogP contribution in [0.3, 0.4) is 0 Å². The second-order valence-electron chi connectivity index (χ2n) is 4.22. The molecule has 0 N–H and O–H groups in total. The van der Waals surface area contributed by atoms with Gasteiger partial charge in [-0.05, 0) is 31.6 Å². The van der Waals surface area contributed by atoms with Crippen LogP contribution < -0.4 is 0 Å². The van der Waals surface area contributed by atoms with Crippen LogP contribution in [-0.4, -0.2) is 38.0 Å². The molecular formula is C13H22OS4. The fraction of sp³-hybridized carbons (Fsp3) is 0.769. The molecule has 0 saturated carbocycles. The largest absolute Gasteiger partial charge is 0.282 e. The molecule has 0 aromatic carbocycles. The Kier molecular flexibility index (Phi) is 9.91. The van der Waals surface area contributed by atoms with E-state index in [0.717, 1.165) is 22.7 Å². The predicted octanol–water partition coefficient (Wildman–Crippen LogP) is 4.53. The van der Waals surface area contributed by atoms with Crippen molar-refractivity contribution in [3.8, 4) is 0 Å². The van der Waals surface area contributed by atoms with Crippen molar-refractivity contribution in [3.05, 3.63) is 12.2 Å². The van der Waals surface area contributed by atoms with Gasteiger partial charge in [0.2, 0.25) is 5.12 Å². The van der Waals surface area contributed by atoms with Crippen LogP contribution in [0, 0.1) is 0 Å². The summed E-state index contributed by atoms with van der Waals surface area (Å²) in [6.07, 6.45) is 5.93. The first kappa shape index (κ1) is 16.9. The Morgan fingerprint density at radius 3 is 3.00 bits per heavy atom. The van der Waals surface area contributed by atoms with Gasteiger partial charge in [-0.1, -0.05) is 24.8 Å². The van der Waals surface area contributed by atoms with E-state index >= 15 is 0 Å². The molecular weight excluding hydrogens is 300 g/mol. The lowest BCUT2D eigenvalue weighted by atomic mass is 10.3. The molecule has 0 aromatic heterocycles. The summed E-state index contributed by atoms with van der Waals surface area (Å²) in [6, 6.07) is 0. The molecule has 104 valence electrons. The zero-order valence-electron chi connectivity index (χ0n) is 11.1. The van der Waals surface area contributed by atoms with Crippen molar-refractivity contribution in [1.29, 1.82) is 0 Å². The van der Waals surface area contributed by atoms with Crippen LogP contribution >= 0.6 is 47.0 Å². The molecule has 0 aliphatic carbocycles. The molecule has 0 aromatic rings. The van der Waals surface area contributed by atoms with E-state index in [1.54, 1.807) is 6.08 Å². The van der Waals surface area contributed by atoms with Gasteiger partial charge in [-0.2, -0.15) is 11.8 Å². The smallest absolute Gasteiger partial charge is 0.211 e. The topological polar surface area (TPSA) is 17.1 Å². The summed E-state index contributed by atoms with van der Waals surface area (Å²) >= 11 is 7.69. The highest BCUT2D eigenvalue weighted by Crippen LogP contribution is 2.34. The fourth-order valence-corrected chi connectivity index (χ4v) is 6.79. The Morgan fingerprint density at radius 1 is 1.50 bits per heavy atom. The predicted molar refractivity (Wildman–Crippen MR) is 92.1 cm³/mol. The van der Waals surface area contributed by atoms with E-state index in [1.807, 2.05) is 13.0 Å². The zero-order valence-corrected chi connectivity index (χ0v) is 14.4. The van der Waals surface area contributed by atoms with Crippen LogP contribution in [0.2, 0.25) is 0 Å². The lowest BCUT2D eigenvalue weighted by Gasteiger charge is -2.14. The van der Waals surface area contributed by atoms with Crippen molar-refractivity contribution in [2.45, 2.75) is 37.2 Å². The maximum atomic E-state index is 11.2. The third-order valence-electron chi connectivity index (χ3n) is 2.52. The van der Waals surface area contributed by atoms with Crippen LogP contribution in [0.1, 0.15) is 26.7 Å². The monoisotopic (exact) mass is 322 g/mol. The highest BCUT2D eigenvalue weighted by Gasteiger charge is 2.18. The number of rotatable bonds is 8. The summed E-state index contributed by atoms with van der Waals surface area (Å²) in [5.74, 6) is 3.47. The molecule has 0 radical (unpaired) electrons. The Morgan fingerprint density at radius 2 is 2.33 bits per heavy atom. The van der Waals surface area contributed by atoms with Crippen LogP contribution in [0.25, 0.3) is 0 Å². The first-order chi connectivity index (χ1) is 8.72. The minimum Gasteiger partial charge on any atom is -0.282 e. The van der Waals surface area contributed by atoms with Crippen molar-refractivity contribution in [3.63, 3.8) is 0 Å². The van der Waals surface area contributed by atoms with Crippen molar-refractivity contribution in [2.24, 2.45) is 0 Å². The van der Waals surface area contributed by atoms with Gasteiger partial charge in [0, 0.05) is 27.1 Å². The van der Waals surface area contributed by atoms with E-state index in [0.29, 0.717) is 0 Å². The Hall–Kier alpha value is 0.810. The van der Waals surface area contributed by atoms with E-state index < -0.39 is 0 Å². The van der Waals surface area contributed by atoms with E-state index in [1.165, 1.54) is 34.8 Å². The Labute approximate surface area is 128 Å². The van der Waals surface area contributed by atoms with Crippen molar-refractivity contribution >= 4 is 52.2 Å². The van der Waals surface area contributed by atoms with Gasteiger partial charge in [0.15, 0.2) is 0 Å². The minimum atomic E-state index is 0.190. The first-order valence-electron chi connectivity index (χ1n) is 6.32. The normalized spacial score (nSPS) is 21.6. The summed E-state index contributed by atoms with van der Waals surface area (Å²) in [7, 11) is 0. The molecule has 0 bridgehead atoms. The van der Waals surface area contributed by atoms with E-state index in [2.05, 4.69) is 42.2 Å². The van der Waals surface area contributed by atoms with Gasteiger partial charge in [0.05, 0.1) is 0 Å². The van der Waals surface area contributed by atoms with Gasteiger partial charge in [-0.3, -0.25) is 4.79 Å². The van der Waals surface area contributed by atoms with Crippen LogP contribution in [-0.2, 0) is 4.79 Å². The summed E-state index contributed by atoms with van der Waals surface area (Å²) in [6.45, 7) is 4.22. The van der Waals surface area contributed by atoms with Crippen LogP contribution in [0.5, 0.6) is 0 Å².